The van der Waals surface area contributed by atoms with E-state index in [-0.39, 0.29) is 16.9 Å². The molecule has 154 valence electrons. The van der Waals surface area contributed by atoms with Crippen molar-refractivity contribution in [2.75, 3.05) is 17.2 Å². The monoisotopic (exact) mass is 477 g/mol. The smallest absolute Gasteiger partial charge is 0.261 e. The van der Waals surface area contributed by atoms with E-state index in [9.17, 15) is 9.59 Å². The van der Waals surface area contributed by atoms with Crippen molar-refractivity contribution in [3.63, 3.8) is 0 Å². The van der Waals surface area contributed by atoms with Crippen LogP contribution in [0.2, 0.25) is 0 Å². The van der Waals surface area contributed by atoms with Gasteiger partial charge in [-0.05, 0) is 61.0 Å². The second kappa shape index (κ2) is 10.9. The molecule has 0 aliphatic heterocycles. The first-order chi connectivity index (χ1) is 13.7. The Morgan fingerprint density at radius 1 is 1.10 bits per heavy atom. The van der Waals surface area contributed by atoms with Crippen LogP contribution in [0.25, 0.3) is 0 Å². The second-order valence-electron chi connectivity index (χ2n) is 6.84. The van der Waals surface area contributed by atoms with Gasteiger partial charge >= 0.3 is 0 Å². The van der Waals surface area contributed by atoms with Crippen molar-refractivity contribution in [1.82, 2.24) is 5.32 Å². The van der Waals surface area contributed by atoms with Crippen LogP contribution in [0.3, 0.4) is 0 Å². The van der Waals surface area contributed by atoms with Crippen molar-refractivity contribution < 1.29 is 14.3 Å². The maximum absolute atomic E-state index is 12.7. The first-order valence-electron chi connectivity index (χ1n) is 9.17. The lowest BCUT2D eigenvalue weighted by molar-refractivity contribution is -0.114. The standard InChI is InChI=1S/C21H24BrN3O3S/c1-13(2)9-10-28-19-8-7-15(22)11-18(19)20(27)25-21(29)24-17-6-4-5-16(12-17)23-14(3)26/h4-8,11-13H,9-10H2,1-3H3,(H,23,26)(H2,24,25,27,29). The highest BCUT2D eigenvalue weighted by atomic mass is 79.9. The Balaban J connectivity index is 2.04. The normalized spacial score (nSPS) is 10.4. The van der Waals surface area contributed by atoms with Crippen LogP contribution >= 0.6 is 28.1 Å². The van der Waals surface area contributed by atoms with Gasteiger partial charge in [-0.25, -0.2) is 0 Å². The largest absolute Gasteiger partial charge is 0.493 e. The highest BCUT2D eigenvalue weighted by Gasteiger charge is 2.15. The fraction of sp³-hybridized carbons (Fsp3) is 0.286. The van der Waals surface area contributed by atoms with Gasteiger partial charge in [0.2, 0.25) is 5.91 Å². The second-order valence-corrected chi connectivity index (χ2v) is 8.17. The minimum atomic E-state index is -0.374. The summed E-state index contributed by atoms with van der Waals surface area (Å²) in [5.41, 5.74) is 1.66. The van der Waals surface area contributed by atoms with Gasteiger partial charge in [0.25, 0.3) is 5.91 Å². The van der Waals surface area contributed by atoms with E-state index in [1.54, 1.807) is 36.4 Å². The minimum absolute atomic E-state index is 0.142. The molecule has 0 bridgehead atoms. The molecule has 8 heteroatoms. The number of ether oxygens (including phenoxy) is 1. The van der Waals surface area contributed by atoms with Crippen LogP contribution in [0.1, 0.15) is 37.6 Å². The fourth-order valence-electron chi connectivity index (χ4n) is 2.42. The third-order valence-corrected chi connectivity index (χ3v) is 4.50. The van der Waals surface area contributed by atoms with Crippen LogP contribution < -0.4 is 20.7 Å². The Kier molecular flexibility index (Phi) is 8.60. The molecule has 2 aromatic carbocycles. The number of carbonyl (C=O) groups excluding carboxylic acids is 2. The van der Waals surface area contributed by atoms with Crippen molar-refractivity contribution in [2.45, 2.75) is 27.2 Å². The van der Waals surface area contributed by atoms with E-state index in [1.807, 2.05) is 6.07 Å². The molecule has 29 heavy (non-hydrogen) atoms. The summed E-state index contributed by atoms with van der Waals surface area (Å²) in [5, 5.41) is 8.45. The van der Waals surface area contributed by atoms with E-state index >= 15 is 0 Å². The number of hydrogen-bond acceptors (Lipinski definition) is 4. The summed E-state index contributed by atoms with van der Waals surface area (Å²) in [5.74, 6) is 0.466. The predicted octanol–water partition coefficient (Wildman–Crippen LogP) is 4.96. The van der Waals surface area contributed by atoms with Crippen molar-refractivity contribution in [2.24, 2.45) is 5.92 Å². The zero-order chi connectivity index (χ0) is 21.4. The first kappa shape index (κ1) is 22.8. The van der Waals surface area contributed by atoms with Crippen molar-refractivity contribution in [3.8, 4) is 5.75 Å². The topological polar surface area (TPSA) is 79.5 Å². The Hall–Kier alpha value is -2.45. The quantitative estimate of drug-likeness (QED) is 0.491. The highest BCUT2D eigenvalue weighted by molar-refractivity contribution is 9.10. The molecule has 0 unspecified atom stereocenters. The van der Waals surface area contributed by atoms with Gasteiger partial charge in [-0.15, -0.1) is 0 Å². The molecule has 0 aliphatic carbocycles. The molecule has 6 nitrogen and oxygen atoms in total. The molecular weight excluding hydrogens is 454 g/mol. The van der Waals surface area contributed by atoms with E-state index in [1.165, 1.54) is 6.92 Å². The summed E-state index contributed by atoms with van der Waals surface area (Å²) in [6, 6.07) is 12.3. The lowest BCUT2D eigenvalue weighted by atomic mass is 10.1. The molecule has 2 aromatic rings. The van der Waals surface area contributed by atoms with Gasteiger partial charge in [0.05, 0.1) is 12.2 Å². The molecule has 0 atom stereocenters. The molecule has 0 saturated carbocycles. The maximum Gasteiger partial charge on any atom is 0.261 e. The number of halogens is 1. The van der Waals surface area contributed by atoms with Gasteiger partial charge in [0.1, 0.15) is 5.75 Å². The summed E-state index contributed by atoms with van der Waals surface area (Å²) in [7, 11) is 0. The van der Waals surface area contributed by atoms with Gasteiger partial charge in [-0.3, -0.25) is 14.9 Å². The number of carbonyl (C=O) groups is 2. The molecule has 3 N–H and O–H groups in total. The Bertz CT molecular complexity index is 902. The number of thiocarbonyl (C=S) groups is 1. The Labute approximate surface area is 184 Å². The molecule has 0 spiro atoms. The minimum Gasteiger partial charge on any atom is -0.493 e. The molecule has 0 aromatic heterocycles. The van der Waals surface area contributed by atoms with E-state index in [0.717, 1.165) is 10.9 Å². The van der Waals surface area contributed by atoms with E-state index in [0.29, 0.717) is 35.2 Å². The lowest BCUT2D eigenvalue weighted by Gasteiger charge is -2.14. The Morgan fingerprint density at radius 3 is 2.45 bits per heavy atom. The molecule has 0 aliphatic rings. The third-order valence-electron chi connectivity index (χ3n) is 3.81. The van der Waals surface area contributed by atoms with Crippen molar-refractivity contribution >= 4 is 56.4 Å². The zero-order valence-corrected chi connectivity index (χ0v) is 18.9. The van der Waals surface area contributed by atoms with Crippen LogP contribution in [-0.4, -0.2) is 23.5 Å². The van der Waals surface area contributed by atoms with Crippen molar-refractivity contribution in [1.29, 1.82) is 0 Å². The third kappa shape index (κ3) is 7.83. The number of benzene rings is 2. The van der Waals surface area contributed by atoms with Crippen molar-refractivity contribution in [3.05, 3.63) is 52.5 Å². The summed E-state index contributed by atoms with van der Waals surface area (Å²) >= 11 is 8.64. The zero-order valence-electron chi connectivity index (χ0n) is 16.5. The molecule has 2 amide bonds. The summed E-state index contributed by atoms with van der Waals surface area (Å²) < 4.78 is 6.56. The van der Waals surface area contributed by atoms with Gasteiger partial charge in [-0.1, -0.05) is 35.8 Å². The summed E-state index contributed by atoms with van der Waals surface area (Å²) in [4.78, 5) is 23.9. The van der Waals surface area contributed by atoms with Gasteiger partial charge in [0, 0.05) is 22.8 Å². The average Bonchev–Trinajstić information content (AvgIpc) is 2.62. The van der Waals surface area contributed by atoms with E-state index in [2.05, 4.69) is 45.7 Å². The highest BCUT2D eigenvalue weighted by Crippen LogP contribution is 2.24. The number of nitrogens with one attached hydrogen (secondary N) is 3. The van der Waals surface area contributed by atoms with Crippen LogP contribution in [0, 0.1) is 5.92 Å². The van der Waals surface area contributed by atoms with E-state index < -0.39 is 0 Å². The number of anilines is 2. The number of hydrogen-bond donors (Lipinski definition) is 3. The molecule has 0 heterocycles. The average molecular weight is 478 g/mol. The fourth-order valence-corrected chi connectivity index (χ4v) is 2.99. The van der Waals surface area contributed by atoms with Crippen LogP contribution in [0.5, 0.6) is 5.75 Å². The maximum atomic E-state index is 12.7. The number of rotatable bonds is 7. The first-order valence-corrected chi connectivity index (χ1v) is 10.4. The van der Waals surface area contributed by atoms with Gasteiger partial charge in [0.15, 0.2) is 5.11 Å². The number of amides is 2. The molecule has 2 rings (SSSR count). The van der Waals surface area contributed by atoms with Crippen LogP contribution in [-0.2, 0) is 4.79 Å². The van der Waals surface area contributed by atoms with Crippen LogP contribution in [0.15, 0.2) is 46.9 Å². The predicted molar refractivity (Wildman–Crippen MR) is 124 cm³/mol. The summed E-state index contributed by atoms with van der Waals surface area (Å²) in [6.07, 6.45) is 0.891. The molecule has 0 saturated heterocycles. The summed E-state index contributed by atoms with van der Waals surface area (Å²) in [6.45, 7) is 6.19. The SMILES string of the molecule is CC(=O)Nc1cccc(NC(=S)NC(=O)c2cc(Br)ccc2OCCC(C)C)c1. The van der Waals surface area contributed by atoms with E-state index in [4.69, 9.17) is 17.0 Å². The lowest BCUT2D eigenvalue weighted by Crippen LogP contribution is -2.34. The molecular formula is C21H24BrN3O3S. The Morgan fingerprint density at radius 2 is 1.79 bits per heavy atom. The molecule has 0 radical (unpaired) electrons. The molecule has 0 fully saturated rings. The van der Waals surface area contributed by atoms with Gasteiger partial charge < -0.3 is 15.4 Å². The van der Waals surface area contributed by atoms with Crippen LogP contribution in [0.4, 0.5) is 11.4 Å². The van der Waals surface area contributed by atoms with Gasteiger partial charge in [-0.2, -0.15) is 0 Å².